The number of rotatable bonds is 4. The predicted octanol–water partition coefficient (Wildman–Crippen LogP) is 2.34. The topological polar surface area (TPSA) is 63.8 Å². The molecule has 0 amide bonds. The van der Waals surface area contributed by atoms with E-state index in [1.54, 1.807) is 0 Å². The summed E-state index contributed by atoms with van der Waals surface area (Å²) in [5, 5.41) is 4.43. The van der Waals surface area contributed by atoms with E-state index in [2.05, 4.69) is 28.5 Å². The number of anilines is 1. The Labute approximate surface area is 101 Å². The summed E-state index contributed by atoms with van der Waals surface area (Å²) >= 11 is 1.45. The van der Waals surface area contributed by atoms with Crippen molar-refractivity contribution < 1.29 is 0 Å². The lowest BCUT2D eigenvalue weighted by Gasteiger charge is -2.28. The summed E-state index contributed by atoms with van der Waals surface area (Å²) in [4.78, 5) is 4.51. The van der Waals surface area contributed by atoms with Gasteiger partial charge in [-0.05, 0) is 12.8 Å². The smallest absolute Gasteiger partial charge is 0.203 e. The lowest BCUT2D eigenvalue weighted by atomic mass is 9.98. The molecule has 0 bridgehead atoms. The Morgan fingerprint density at radius 3 is 2.62 bits per heavy atom. The third-order valence-electron chi connectivity index (χ3n) is 3.28. The van der Waals surface area contributed by atoms with Crippen LogP contribution < -0.4 is 11.1 Å². The maximum absolute atomic E-state index is 5.88. The molecule has 90 valence electrons. The molecule has 1 aliphatic rings. The van der Waals surface area contributed by atoms with Gasteiger partial charge in [0.25, 0.3) is 0 Å². The highest BCUT2D eigenvalue weighted by atomic mass is 32.1. The molecule has 4 nitrogen and oxygen atoms in total. The van der Waals surface area contributed by atoms with Crippen LogP contribution in [0.2, 0.25) is 0 Å². The summed E-state index contributed by atoms with van der Waals surface area (Å²) in [6.45, 7) is 4.91. The van der Waals surface area contributed by atoms with Crippen molar-refractivity contribution in [1.29, 1.82) is 0 Å². The van der Waals surface area contributed by atoms with Crippen molar-refractivity contribution in [3.63, 3.8) is 0 Å². The molecule has 0 unspecified atom stereocenters. The fourth-order valence-corrected chi connectivity index (χ4v) is 3.01. The second-order valence-electron chi connectivity index (χ2n) is 4.93. The second kappa shape index (κ2) is 4.67. The molecule has 1 aromatic rings. The highest BCUT2D eigenvalue weighted by Gasteiger charge is 2.33. The highest BCUT2D eigenvalue weighted by molar-refractivity contribution is 7.09. The van der Waals surface area contributed by atoms with Crippen LogP contribution in [0.3, 0.4) is 0 Å². The normalized spacial score (nSPS) is 19.2. The van der Waals surface area contributed by atoms with Gasteiger partial charge in [-0.25, -0.2) is 4.98 Å². The van der Waals surface area contributed by atoms with E-state index in [0.717, 1.165) is 23.8 Å². The number of nitrogens with one attached hydrogen (secondary N) is 1. The van der Waals surface area contributed by atoms with E-state index in [9.17, 15) is 0 Å². The highest BCUT2D eigenvalue weighted by Crippen LogP contribution is 2.33. The largest absolute Gasteiger partial charge is 0.354 e. The molecule has 1 heterocycles. The van der Waals surface area contributed by atoms with Gasteiger partial charge in [-0.15, -0.1) is 0 Å². The summed E-state index contributed by atoms with van der Waals surface area (Å²) in [6, 6.07) is 0. The fraction of sp³-hybridized carbons (Fsp3) is 0.818. The minimum atomic E-state index is 0.0772. The Balaban J connectivity index is 2.07. The van der Waals surface area contributed by atoms with E-state index in [0.29, 0.717) is 12.5 Å². The first-order valence-electron chi connectivity index (χ1n) is 5.97. The van der Waals surface area contributed by atoms with Crippen LogP contribution in [0.1, 0.15) is 51.3 Å². The minimum Gasteiger partial charge on any atom is -0.354 e. The molecule has 3 N–H and O–H groups in total. The Bertz CT molecular complexity index is 342. The van der Waals surface area contributed by atoms with Crippen LogP contribution in [-0.4, -0.2) is 21.4 Å². The molecule has 1 aromatic heterocycles. The molecule has 0 aromatic carbocycles. The zero-order valence-electron chi connectivity index (χ0n) is 9.99. The SMILES string of the molecule is CC(C)c1nsc(NC2(CN)CCCC2)n1. The predicted molar refractivity (Wildman–Crippen MR) is 67.9 cm³/mol. The van der Waals surface area contributed by atoms with E-state index in [-0.39, 0.29) is 5.54 Å². The summed E-state index contributed by atoms with van der Waals surface area (Å²) in [6.07, 6.45) is 4.83. The van der Waals surface area contributed by atoms with Gasteiger partial charge >= 0.3 is 0 Å². The third-order valence-corrected chi connectivity index (χ3v) is 3.93. The van der Waals surface area contributed by atoms with Crippen molar-refractivity contribution in [2.45, 2.75) is 51.0 Å². The molecule has 0 atom stereocenters. The fourth-order valence-electron chi connectivity index (χ4n) is 2.18. The van der Waals surface area contributed by atoms with E-state index in [1.165, 1.54) is 24.4 Å². The van der Waals surface area contributed by atoms with E-state index in [1.807, 2.05) is 0 Å². The number of aromatic nitrogens is 2. The van der Waals surface area contributed by atoms with E-state index in [4.69, 9.17) is 5.73 Å². The van der Waals surface area contributed by atoms with Gasteiger partial charge in [-0.3, -0.25) is 0 Å². The van der Waals surface area contributed by atoms with Crippen LogP contribution in [0.5, 0.6) is 0 Å². The molecule has 1 saturated carbocycles. The molecule has 1 fully saturated rings. The molecule has 0 spiro atoms. The van der Waals surface area contributed by atoms with Crippen molar-refractivity contribution in [3.05, 3.63) is 5.82 Å². The Morgan fingerprint density at radius 2 is 2.12 bits per heavy atom. The average molecular weight is 240 g/mol. The van der Waals surface area contributed by atoms with Gasteiger partial charge in [0.2, 0.25) is 5.13 Å². The van der Waals surface area contributed by atoms with Crippen LogP contribution in [0.4, 0.5) is 5.13 Å². The van der Waals surface area contributed by atoms with Crippen LogP contribution >= 0.6 is 11.5 Å². The number of hydrogen-bond acceptors (Lipinski definition) is 5. The minimum absolute atomic E-state index is 0.0772. The second-order valence-corrected chi connectivity index (χ2v) is 5.68. The first-order valence-corrected chi connectivity index (χ1v) is 6.74. The first-order chi connectivity index (χ1) is 7.65. The first kappa shape index (κ1) is 11.8. The standard InChI is InChI=1S/C11H20N4S/c1-8(2)9-13-10(16-15-9)14-11(7-12)5-3-4-6-11/h8H,3-7,12H2,1-2H3,(H,13,14,15). The van der Waals surface area contributed by atoms with Gasteiger partial charge in [-0.2, -0.15) is 4.37 Å². The summed E-state index contributed by atoms with van der Waals surface area (Å²) in [5.74, 6) is 1.32. The summed E-state index contributed by atoms with van der Waals surface area (Å²) in [5.41, 5.74) is 5.95. The van der Waals surface area contributed by atoms with Crippen LogP contribution in [-0.2, 0) is 0 Å². The third kappa shape index (κ3) is 2.35. The Hall–Kier alpha value is -0.680. The van der Waals surface area contributed by atoms with Gasteiger partial charge in [0, 0.05) is 24.0 Å². The average Bonchev–Trinajstić information content (AvgIpc) is 2.88. The Morgan fingerprint density at radius 1 is 1.44 bits per heavy atom. The van der Waals surface area contributed by atoms with Crippen LogP contribution in [0, 0.1) is 0 Å². The lowest BCUT2D eigenvalue weighted by Crippen LogP contribution is -2.42. The van der Waals surface area contributed by atoms with E-state index >= 15 is 0 Å². The zero-order chi connectivity index (χ0) is 11.6. The molecule has 0 saturated heterocycles. The van der Waals surface area contributed by atoms with Crippen molar-refractivity contribution in [1.82, 2.24) is 9.36 Å². The van der Waals surface area contributed by atoms with Crippen molar-refractivity contribution in [2.75, 3.05) is 11.9 Å². The molecule has 16 heavy (non-hydrogen) atoms. The lowest BCUT2D eigenvalue weighted by molar-refractivity contribution is 0.492. The van der Waals surface area contributed by atoms with E-state index < -0.39 is 0 Å². The van der Waals surface area contributed by atoms with Gasteiger partial charge in [-0.1, -0.05) is 26.7 Å². The van der Waals surface area contributed by atoms with Crippen molar-refractivity contribution in [3.8, 4) is 0 Å². The molecule has 0 aliphatic heterocycles. The molecule has 0 radical (unpaired) electrons. The summed E-state index contributed by atoms with van der Waals surface area (Å²) in [7, 11) is 0. The Kier molecular flexibility index (Phi) is 3.44. The maximum atomic E-state index is 5.88. The van der Waals surface area contributed by atoms with Crippen LogP contribution in [0.15, 0.2) is 0 Å². The van der Waals surface area contributed by atoms with Gasteiger partial charge in [0.1, 0.15) is 5.82 Å². The monoisotopic (exact) mass is 240 g/mol. The van der Waals surface area contributed by atoms with Crippen molar-refractivity contribution in [2.24, 2.45) is 5.73 Å². The molecular formula is C11H20N4S. The van der Waals surface area contributed by atoms with Crippen molar-refractivity contribution >= 4 is 16.7 Å². The van der Waals surface area contributed by atoms with Gasteiger partial charge < -0.3 is 11.1 Å². The summed E-state index contributed by atoms with van der Waals surface area (Å²) < 4.78 is 4.35. The number of nitrogens with two attached hydrogens (primary N) is 1. The molecule has 2 rings (SSSR count). The number of hydrogen-bond donors (Lipinski definition) is 2. The number of nitrogens with zero attached hydrogens (tertiary/aromatic N) is 2. The van der Waals surface area contributed by atoms with Crippen LogP contribution in [0.25, 0.3) is 0 Å². The van der Waals surface area contributed by atoms with Gasteiger partial charge in [0.15, 0.2) is 0 Å². The zero-order valence-corrected chi connectivity index (χ0v) is 10.8. The maximum Gasteiger partial charge on any atom is 0.203 e. The quantitative estimate of drug-likeness (QED) is 0.848. The van der Waals surface area contributed by atoms with Gasteiger partial charge in [0.05, 0.1) is 5.54 Å². The molecule has 5 heteroatoms. The molecular weight excluding hydrogens is 220 g/mol. The molecule has 1 aliphatic carbocycles.